The van der Waals surface area contributed by atoms with Gasteiger partial charge in [-0.1, -0.05) is 32.0 Å². The number of amides is 2. The van der Waals surface area contributed by atoms with E-state index in [9.17, 15) is 9.59 Å². The monoisotopic (exact) mass is 311 g/mol. The predicted molar refractivity (Wildman–Crippen MR) is 90.4 cm³/mol. The van der Waals surface area contributed by atoms with Crippen molar-refractivity contribution in [2.24, 2.45) is 5.92 Å². The highest BCUT2D eigenvalue weighted by molar-refractivity contribution is 6.08. The van der Waals surface area contributed by atoms with Gasteiger partial charge in [-0.15, -0.1) is 0 Å². The van der Waals surface area contributed by atoms with Crippen LogP contribution in [-0.4, -0.2) is 34.8 Å². The minimum Gasteiger partial charge on any atom is -0.361 e. The van der Waals surface area contributed by atoms with Gasteiger partial charge >= 0.3 is 0 Å². The number of likely N-dealkylation sites (N-methyl/N-ethyl adjacent to an activating group) is 1. The number of nitrogens with zero attached hydrogens (tertiary/aromatic N) is 1. The van der Waals surface area contributed by atoms with Crippen molar-refractivity contribution in [1.82, 2.24) is 15.2 Å². The van der Waals surface area contributed by atoms with E-state index >= 15 is 0 Å². The molecule has 2 heterocycles. The third-order valence-electron chi connectivity index (χ3n) is 4.15. The molecule has 5 heteroatoms. The lowest BCUT2D eigenvalue weighted by atomic mass is 10.00. The van der Waals surface area contributed by atoms with E-state index in [2.05, 4.69) is 10.3 Å². The lowest BCUT2D eigenvalue weighted by Gasteiger charge is -2.32. The predicted octanol–water partition coefficient (Wildman–Crippen LogP) is 2.51. The Morgan fingerprint density at radius 2 is 2.00 bits per heavy atom. The number of rotatable bonds is 3. The lowest BCUT2D eigenvalue weighted by Crippen LogP contribution is -2.55. The minimum atomic E-state index is -0.437. The zero-order chi connectivity index (χ0) is 16.6. The smallest absolute Gasteiger partial charge is 0.268 e. The molecule has 1 atom stereocenters. The second kappa shape index (κ2) is 5.91. The van der Waals surface area contributed by atoms with Crippen molar-refractivity contribution in [2.45, 2.75) is 26.3 Å². The third kappa shape index (κ3) is 2.86. The van der Waals surface area contributed by atoms with Gasteiger partial charge in [0.1, 0.15) is 11.7 Å². The van der Waals surface area contributed by atoms with Crippen LogP contribution < -0.4 is 5.32 Å². The number of hydrogen-bond acceptors (Lipinski definition) is 2. The molecule has 1 aliphatic heterocycles. The summed E-state index contributed by atoms with van der Waals surface area (Å²) in [7, 11) is 1.66. The molecular weight excluding hydrogens is 290 g/mol. The summed E-state index contributed by atoms with van der Waals surface area (Å²) < 4.78 is 0. The Morgan fingerprint density at radius 1 is 1.26 bits per heavy atom. The van der Waals surface area contributed by atoms with Crippen molar-refractivity contribution >= 4 is 28.8 Å². The van der Waals surface area contributed by atoms with E-state index in [0.29, 0.717) is 18.0 Å². The van der Waals surface area contributed by atoms with Gasteiger partial charge in [0.2, 0.25) is 5.91 Å². The number of carbonyl (C=O) groups excluding carboxylic acids is 2. The molecule has 0 aliphatic carbocycles. The topological polar surface area (TPSA) is 65.2 Å². The van der Waals surface area contributed by atoms with Crippen LogP contribution >= 0.6 is 0 Å². The van der Waals surface area contributed by atoms with Gasteiger partial charge in [-0.05, 0) is 24.5 Å². The van der Waals surface area contributed by atoms with Gasteiger partial charge in [0.25, 0.3) is 5.91 Å². The fraction of sp³-hybridized carbons (Fsp3) is 0.333. The summed E-state index contributed by atoms with van der Waals surface area (Å²) >= 11 is 0. The first kappa shape index (κ1) is 15.3. The molecule has 120 valence electrons. The normalized spacial score (nSPS) is 20.6. The van der Waals surface area contributed by atoms with Crippen molar-refractivity contribution in [3.05, 3.63) is 41.7 Å². The number of nitrogens with one attached hydrogen (secondary N) is 2. The number of carbonyl (C=O) groups is 2. The summed E-state index contributed by atoms with van der Waals surface area (Å²) in [6, 6.07) is 7.43. The maximum absolute atomic E-state index is 12.5. The molecule has 0 unspecified atom stereocenters. The zero-order valence-corrected chi connectivity index (χ0v) is 13.6. The van der Waals surface area contributed by atoms with Gasteiger partial charge in [-0.25, -0.2) is 0 Å². The zero-order valence-electron chi connectivity index (χ0n) is 13.6. The third-order valence-corrected chi connectivity index (χ3v) is 4.15. The summed E-state index contributed by atoms with van der Waals surface area (Å²) in [6.07, 6.45) is 4.26. The number of aromatic nitrogens is 1. The first-order valence-electron chi connectivity index (χ1n) is 7.83. The Balaban J connectivity index is 1.94. The molecule has 1 aliphatic rings. The van der Waals surface area contributed by atoms with Crippen LogP contribution in [0.5, 0.6) is 0 Å². The Labute approximate surface area is 135 Å². The Hall–Kier alpha value is -2.56. The van der Waals surface area contributed by atoms with E-state index in [1.54, 1.807) is 13.1 Å². The minimum absolute atomic E-state index is 0.0654. The summed E-state index contributed by atoms with van der Waals surface area (Å²) in [5, 5.41) is 3.86. The highest BCUT2D eigenvalue weighted by atomic mass is 16.2. The van der Waals surface area contributed by atoms with Crippen molar-refractivity contribution in [3.8, 4) is 0 Å². The fourth-order valence-electron chi connectivity index (χ4n) is 2.95. The van der Waals surface area contributed by atoms with E-state index in [1.807, 2.05) is 44.3 Å². The SMILES string of the molecule is CC(C)C[C@@H]1NC(=O)C(=Cc2c[nH]c3ccccc23)N(C)C1=O. The molecule has 5 nitrogen and oxygen atoms in total. The number of hydrogen-bond donors (Lipinski definition) is 2. The molecule has 0 saturated carbocycles. The lowest BCUT2D eigenvalue weighted by molar-refractivity contribution is -0.139. The molecular formula is C18H21N3O2. The van der Waals surface area contributed by atoms with Gasteiger partial charge in [-0.3, -0.25) is 9.59 Å². The maximum Gasteiger partial charge on any atom is 0.268 e. The molecule has 23 heavy (non-hydrogen) atoms. The van der Waals surface area contributed by atoms with Crippen molar-refractivity contribution in [1.29, 1.82) is 0 Å². The van der Waals surface area contributed by atoms with E-state index in [1.165, 1.54) is 4.90 Å². The average molecular weight is 311 g/mol. The van der Waals surface area contributed by atoms with Crippen LogP contribution in [-0.2, 0) is 9.59 Å². The highest BCUT2D eigenvalue weighted by Gasteiger charge is 2.34. The first-order chi connectivity index (χ1) is 11.0. The molecule has 0 spiro atoms. The molecule has 2 amide bonds. The van der Waals surface area contributed by atoms with E-state index in [4.69, 9.17) is 0 Å². The largest absolute Gasteiger partial charge is 0.361 e. The van der Waals surface area contributed by atoms with Gasteiger partial charge in [0, 0.05) is 29.7 Å². The molecule has 1 aromatic heterocycles. The highest BCUT2D eigenvalue weighted by Crippen LogP contribution is 2.23. The first-order valence-corrected chi connectivity index (χ1v) is 7.83. The molecule has 1 saturated heterocycles. The second-order valence-corrected chi connectivity index (χ2v) is 6.37. The number of piperazine rings is 1. The molecule has 3 rings (SSSR count). The van der Waals surface area contributed by atoms with Crippen LogP contribution in [0.4, 0.5) is 0 Å². The van der Waals surface area contributed by atoms with E-state index in [0.717, 1.165) is 16.5 Å². The van der Waals surface area contributed by atoms with Crippen molar-refractivity contribution in [2.75, 3.05) is 7.05 Å². The van der Waals surface area contributed by atoms with E-state index < -0.39 is 6.04 Å². The summed E-state index contributed by atoms with van der Waals surface area (Å²) in [6.45, 7) is 4.08. The molecule has 2 aromatic rings. The van der Waals surface area contributed by atoms with Crippen LogP contribution in [0.3, 0.4) is 0 Å². The molecule has 0 bridgehead atoms. The Bertz CT molecular complexity index is 788. The fourth-order valence-corrected chi connectivity index (χ4v) is 2.95. The maximum atomic E-state index is 12.5. The number of H-pyrrole nitrogens is 1. The number of aromatic amines is 1. The van der Waals surface area contributed by atoms with Crippen LogP contribution in [0.25, 0.3) is 17.0 Å². The van der Waals surface area contributed by atoms with Gasteiger partial charge < -0.3 is 15.2 Å². The number of fused-ring (bicyclic) bond motifs is 1. The quantitative estimate of drug-likeness (QED) is 0.855. The van der Waals surface area contributed by atoms with Crippen LogP contribution in [0.15, 0.2) is 36.2 Å². The summed E-state index contributed by atoms with van der Waals surface area (Å²) in [5.74, 6) is 0.0734. The van der Waals surface area contributed by atoms with Crippen LogP contribution in [0.1, 0.15) is 25.8 Å². The molecule has 0 radical (unpaired) electrons. The van der Waals surface area contributed by atoms with Gasteiger partial charge in [0.15, 0.2) is 0 Å². The second-order valence-electron chi connectivity index (χ2n) is 6.37. The number of para-hydroxylation sites is 1. The summed E-state index contributed by atoms with van der Waals surface area (Å²) in [5.41, 5.74) is 2.27. The standard InChI is InChI=1S/C18H21N3O2/c1-11(2)8-15-18(23)21(3)16(17(22)20-15)9-12-10-19-14-7-5-4-6-13(12)14/h4-7,9-11,15,19H,8H2,1-3H3,(H,20,22)/t15-/m0/s1. The Morgan fingerprint density at radius 3 is 2.74 bits per heavy atom. The van der Waals surface area contributed by atoms with Gasteiger partial charge in [0.05, 0.1) is 0 Å². The molecule has 1 fully saturated rings. The van der Waals surface area contributed by atoms with Gasteiger partial charge in [-0.2, -0.15) is 0 Å². The average Bonchev–Trinajstić information content (AvgIpc) is 2.92. The van der Waals surface area contributed by atoms with E-state index in [-0.39, 0.29) is 11.8 Å². The van der Waals surface area contributed by atoms with Crippen molar-refractivity contribution < 1.29 is 9.59 Å². The summed E-state index contributed by atoms with van der Waals surface area (Å²) in [4.78, 5) is 29.5. The van der Waals surface area contributed by atoms with Crippen LogP contribution in [0, 0.1) is 5.92 Å². The molecule has 1 aromatic carbocycles. The van der Waals surface area contributed by atoms with Crippen molar-refractivity contribution in [3.63, 3.8) is 0 Å². The van der Waals surface area contributed by atoms with Crippen LogP contribution in [0.2, 0.25) is 0 Å². The molecule has 2 N–H and O–H groups in total. The number of benzene rings is 1. The Kier molecular flexibility index (Phi) is 3.94.